The molecule has 3 aromatic rings. The average Bonchev–Trinajstić information content (AvgIpc) is 3.00. The van der Waals surface area contributed by atoms with Crippen LogP contribution in [0.4, 0.5) is 0 Å². The summed E-state index contributed by atoms with van der Waals surface area (Å²) in [6.07, 6.45) is 1.31. The van der Waals surface area contributed by atoms with E-state index in [9.17, 15) is 8.42 Å². The lowest BCUT2D eigenvalue weighted by atomic mass is 10.2. The van der Waals surface area contributed by atoms with Gasteiger partial charge in [0.15, 0.2) is 12.0 Å². The molecule has 0 bridgehead atoms. The summed E-state index contributed by atoms with van der Waals surface area (Å²) in [7, 11) is -3.62. The van der Waals surface area contributed by atoms with Crippen LogP contribution in [0, 0.1) is 0 Å². The SMILES string of the molecule is CC(C)N(Cc1ccccc1)S(=O)(=O)c1ccc2ncoc2c1. The lowest BCUT2D eigenvalue weighted by Crippen LogP contribution is -2.36. The first kappa shape index (κ1) is 15.7. The van der Waals surface area contributed by atoms with Gasteiger partial charge >= 0.3 is 0 Å². The van der Waals surface area contributed by atoms with Crippen molar-refractivity contribution in [2.45, 2.75) is 31.3 Å². The Hall–Kier alpha value is -2.18. The van der Waals surface area contributed by atoms with E-state index >= 15 is 0 Å². The molecule has 0 atom stereocenters. The first-order chi connectivity index (χ1) is 11.0. The third kappa shape index (κ3) is 3.13. The summed E-state index contributed by atoms with van der Waals surface area (Å²) < 4.78 is 32.7. The van der Waals surface area contributed by atoms with E-state index in [1.54, 1.807) is 12.1 Å². The van der Waals surface area contributed by atoms with Crippen molar-refractivity contribution < 1.29 is 12.8 Å². The molecule has 0 saturated heterocycles. The van der Waals surface area contributed by atoms with Gasteiger partial charge in [-0.15, -0.1) is 0 Å². The molecule has 6 heteroatoms. The molecule has 0 spiro atoms. The summed E-state index contributed by atoms with van der Waals surface area (Å²) in [5.41, 5.74) is 2.06. The van der Waals surface area contributed by atoms with Crippen LogP contribution in [0.15, 0.2) is 64.2 Å². The van der Waals surface area contributed by atoms with Crippen molar-refractivity contribution in [2.24, 2.45) is 0 Å². The zero-order valence-corrected chi connectivity index (χ0v) is 13.8. The fourth-order valence-electron chi connectivity index (χ4n) is 2.44. The van der Waals surface area contributed by atoms with Crippen LogP contribution in [0.3, 0.4) is 0 Å². The van der Waals surface area contributed by atoms with Gasteiger partial charge in [-0.05, 0) is 31.5 Å². The molecule has 0 N–H and O–H groups in total. The number of oxazole rings is 1. The summed E-state index contributed by atoms with van der Waals surface area (Å²) in [5, 5.41) is 0. The van der Waals surface area contributed by atoms with Crippen LogP contribution >= 0.6 is 0 Å². The van der Waals surface area contributed by atoms with Crippen molar-refractivity contribution in [2.75, 3.05) is 0 Å². The van der Waals surface area contributed by atoms with E-state index in [4.69, 9.17) is 4.42 Å². The predicted molar refractivity (Wildman–Crippen MR) is 88.3 cm³/mol. The maximum Gasteiger partial charge on any atom is 0.243 e. The second-order valence-electron chi connectivity index (χ2n) is 5.61. The highest BCUT2D eigenvalue weighted by Crippen LogP contribution is 2.24. The van der Waals surface area contributed by atoms with E-state index in [1.807, 2.05) is 44.2 Å². The standard InChI is InChI=1S/C17H18N2O3S/c1-13(2)19(11-14-6-4-3-5-7-14)23(20,21)15-8-9-16-17(10-15)22-12-18-16/h3-10,12-13H,11H2,1-2H3. The van der Waals surface area contributed by atoms with Gasteiger partial charge in [0.05, 0.1) is 4.90 Å². The predicted octanol–water partition coefficient (Wildman–Crippen LogP) is 3.43. The molecule has 0 saturated carbocycles. The van der Waals surface area contributed by atoms with E-state index in [1.165, 1.54) is 16.8 Å². The number of sulfonamides is 1. The maximum atomic E-state index is 13.0. The quantitative estimate of drug-likeness (QED) is 0.719. The number of benzene rings is 2. The van der Waals surface area contributed by atoms with Crippen LogP contribution in [0.1, 0.15) is 19.4 Å². The highest BCUT2D eigenvalue weighted by molar-refractivity contribution is 7.89. The minimum atomic E-state index is -3.62. The summed E-state index contributed by atoms with van der Waals surface area (Å²) in [6, 6.07) is 14.2. The highest BCUT2D eigenvalue weighted by Gasteiger charge is 2.27. The number of hydrogen-bond acceptors (Lipinski definition) is 4. The highest BCUT2D eigenvalue weighted by atomic mass is 32.2. The Labute approximate surface area is 135 Å². The van der Waals surface area contributed by atoms with Gasteiger partial charge in [-0.1, -0.05) is 30.3 Å². The minimum Gasteiger partial charge on any atom is -0.443 e. The maximum absolute atomic E-state index is 13.0. The molecule has 5 nitrogen and oxygen atoms in total. The van der Waals surface area contributed by atoms with Crippen LogP contribution < -0.4 is 0 Å². The lowest BCUT2D eigenvalue weighted by Gasteiger charge is -2.26. The van der Waals surface area contributed by atoms with E-state index in [0.29, 0.717) is 17.6 Å². The van der Waals surface area contributed by atoms with Crippen LogP contribution in [0.5, 0.6) is 0 Å². The molecule has 0 aliphatic heterocycles. The molecule has 0 aliphatic carbocycles. The van der Waals surface area contributed by atoms with Crippen molar-refractivity contribution >= 4 is 21.1 Å². The van der Waals surface area contributed by atoms with Gasteiger partial charge in [0.2, 0.25) is 10.0 Å². The lowest BCUT2D eigenvalue weighted by molar-refractivity contribution is 0.348. The molecular weight excluding hydrogens is 312 g/mol. The van der Waals surface area contributed by atoms with Gasteiger partial charge in [-0.2, -0.15) is 4.31 Å². The zero-order chi connectivity index (χ0) is 16.4. The van der Waals surface area contributed by atoms with Gasteiger partial charge < -0.3 is 4.42 Å². The van der Waals surface area contributed by atoms with E-state index in [0.717, 1.165) is 5.56 Å². The number of rotatable bonds is 5. The third-order valence-corrected chi connectivity index (χ3v) is 5.68. The molecule has 1 heterocycles. The van der Waals surface area contributed by atoms with E-state index in [2.05, 4.69) is 4.98 Å². The molecule has 2 aromatic carbocycles. The van der Waals surface area contributed by atoms with Crippen LogP contribution in [0.25, 0.3) is 11.1 Å². The van der Waals surface area contributed by atoms with Crippen molar-refractivity contribution in [1.29, 1.82) is 0 Å². The second kappa shape index (κ2) is 6.14. The fourth-order valence-corrected chi connectivity index (χ4v) is 4.08. The van der Waals surface area contributed by atoms with Gasteiger partial charge in [-0.25, -0.2) is 13.4 Å². The van der Waals surface area contributed by atoms with Gasteiger partial charge in [0, 0.05) is 18.7 Å². The number of nitrogens with zero attached hydrogens (tertiary/aromatic N) is 2. The molecule has 0 radical (unpaired) electrons. The van der Waals surface area contributed by atoms with E-state index < -0.39 is 10.0 Å². The van der Waals surface area contributed by atoms with Crippen molar-refractivity contribution in [3.05, 3.63) is 60.5 Å². The topological polar surface area (TPSA) is 63.4 Å². The van der Waals surface area contributed by atoms with Crippen LogP contribution in [-0.2, 0) is 16.6 Å². The summed E-state index contributed by atoms with van der Waals surface area (Å²) >= 11 is 0. The second-order valence-corrected chi connectivity index (χ2v) is 7.50. The Morgan fingerprint density at radius 2 is 1.87 bits per heavy atom. The molecule has 1 aromatic heterocycles. The monoisotopic (exact) mass is 330 g/mol. The number of hydrogen-bond donors (Lipinski definition) is 0. The molecule has 23 heavy (non-hydrogen) atoms. The Morgan fingerprint density at radius 3 is 2.57 bits per heavy atom. The van der Waals surface area contributed by atoms with E-state index in [-0.39, 0.29) is 10.9 Å². The third-order valence-electron chi connectivity index (χ3n) is 3.67. The Kier molecular flexibility index (Phi) is 4.19. The van der Waals surface area contributed by atoms with Crippen LogP contribution in [0.2, 0.25) is 0 Å². The number of aromatic nitrogens is 1. The molecule has 3 rings (SSSR count). The molecule has 120 valence electrons. The number of fused-ring (bicyclic) bond motifs is 1. The fraction of sp³-hybridized carbons (Fsp3) is 0.235. The molecule has 0 fully saturated rings. The van der Waals surface area contributed by atoms with Crippen LogP contribution in [-0.4, -0.2) is 23.7 Å². The average molecular weight is 330 g/mol. The molecule has 0 aliphatic rings. The summed E-state index contributed by atoms with van der Waals surface area (Å²) in [5.74, 6) is 0. The van der Waals surface area contributed by atoms with Gasteiger partial charge in [0.1, 0.15) is 5.52 Å². The normalized spacial score (nSPS) is 12.3. The largest absolute Gasteiger partial charge is 0.443 e. The Bertz CT molecular complexity index is 902. The summed E-state index contributed by atoms with van der Waals surface area (Å²) in [6.45, 7) is 4.07. The Morgan fingerprint density at radius 1 is 1.13 bits per heavy atom. The Balaban J connectivity index is 1.99. The van der Waals surface area contributed by atoms with Gasteiger partial charge in [-0.3, -0.25) is 0 Å². The molecular formula is C17H18N2O3S. The molecule has 0 amide bonds. The minimum absolute atomic E-state index is 0.161. The van der Waals surface area contributed by atoms with Crippen molar-refractivity contribution in [3.8, 4) is 0 Å². The summed E-state index contributed by atoms with van der Waals surface area (Å²) in [4.78, 5) is 4.23. The smallest absolute Gasteiger partial charge is 0.243 e. The zero-order valence-electron chi connectivity index (χ0n) is 13.0. The van der Waals surface area contributed by atoms with Gasteiger partial charge in [0.25, 0.3) is 0 Å². The van der Waals surface area contributed by atoms with Crippen molar-refractivity contribution in [3.63, 3.8) is 0 Å². The first-order valence-corrected chi connectivity index (χ1v) is 8.81. The first-order valence-electron chi connectivity index (χ1n) is 7.37. The van der Waals surface area contributed by atoms with Crippen molar-refractivity contribution in [1.82, 2.24) is 9.29 Å². The molecule has 0 unspecified atom stereocenters.